The summed E-state index contributed by atoms with van der Waals surface area (Å²) in [5, 5.41) is 0. The van der Waals surface area contributed by atoms with Crippen LogP contribution in [0.4, 0.5) is 0 Å². The smallest absolute Gasteiger partial charge is 0.306 e. The summed E-state index contributed by atoms with van der Waals surface area (Å²) in [4.78, 5) is 38.0. The molecule has 0 heterocycles. The summed E-state index contributed by atoms with van der Waals surface area (Å²) in [6.07, 6.45) is 73.4. The van der Waals surface area contributed by atoms with Crippen molar-refractivity contribution in [2.24, 2.45) is 0 Å². The molecule has 0 radical (unpaired) electrons. The second-order valence-electron chi connectivity index (χ2n) is 17.0. The van der Waals surface area contributed by atoms with Crippen LogP contribution in [-0.4, -0.2) is 37.2 Å². The lowest BCUT2D eigenvalue weighted by atomic mass is 10.1. The number of ether oxygens (including phenoxy) is 3. The van der Waals surface area contributed by atoms with Gasteiger partial charge in [0.15, 0.2) is 6.10 Å². The molecule has 0 aromatic heterocycles. The summed E-state index contributed by atoms with van der Waals surface area (Å²) in [7, 11) is 0. The van der Waals surface area contributed by atoms with E-state index in [0.717, 1.165) is 109 Å². The van der Waals surface area contributed by atoms with Crippen molar-refractivity contribution in [1.82, 2.24) is 0 Å². The second-order valence-corrected chi connectivity index (χ2v) is 17.0. The van der Waals surface area contributed by atoms with Gasteiger partial charge >= 0.3 is 17.9 Å². The van der Waals surface area contributed by atoms with Crippen LogP contribution in [0.25, 0.3) is 0 Å². The van der Waals surface area contributed by atoms with E-state index >= 15 is 0 Å². The third kappa shape index (κ3) is 50.8. The lowest BCUT2D eigenvalue weighted by molar-refractivity contribution is -0.167. The van der Waals surface area contributed by atoms with Crippen LogP contribution in [0, 0.1) is 0 Å². The number of rotatable bonds is 46. The van der Waals surface area contributed by atoms with Crippen LogP contribution in [0.5, 0.6) is 0 Å². The molecule has 0 rings (SSSR count). The molecule has 1 unspecified atom stereocenters. The van der Waals surface area contributed by atoms with Gasteiger partial charge in [0, 0.05) is 19.3 Å². The van der Waals surface area contributed by atoms with E-state index in [1.165, 1.54) is 57.8 Å². The molecule has 0 aliphatic carbocycles. The van der Waals surface area contributed by atoms with E-state index in [9.17, 15) is 14.4 Å². The fourth-order valence-electron chi connectivity index (χ4n) is 6.76. The van der Waals surface area contributed by atoms with Crippen LogP contribution in [0.1, 0.15) is 220 Å². The van der Waals surface area contributed by atoms with Gasteiger partial charge in [0.2, 0.25) is 0 Å². The van der Waals surface area contributed by atoms with Crippen molar-refractivity contribution in [3.8, 4) is 0 Å². The minimum atomic E-state index is -0.829. The van der Waals surface area contributed by atoms with Crippen molar-refractivity contribution in [2.75, 3.05) is 13.2 Å². The zero-order valence-corrected chi connectivity index (χ0v) is 42.4. The van der Waals surface area contributed by atoms with E-state index in [2.05, 4.69) is 142 Å². The van der Waals surface area contributed by atoms with Crippen LogP contribution in [-0.2, 0) is 28.6 Å². The number of esters is 3. The highest BCUT2D eigenvalue weighted by atomic mass is 16.6. The molecule has 0 aliphatic rings. The van der Waals surface area contributed by atoms with E-state index < -0.39 is 6.10 Å². The van der Waals surface area contributed by atoms with Crippen molar-refractivity contribution in [1.29, 1.82) is 0 Å². The lowest BCUT2D eigenvalue weighted by Crippen LogP contribution is -2.30. The summed E-state index contributed by atoms with van der Waals surface area (Å²) >= 11 is 0. The normalized spacial score (nSPS) is 13.1. The Labute approximate surface area is 405 Å². The largest absolute Gasteiger partial charge is 0.462 e. The average Bonchev–Trinajstić information content (AvgIpc) is 3.31. The first-order valence-electron chi connectivity index (χ1n) is 26.5. The van der Waals surface area contributed by atoms with Gasteiger partial charge in [-0.1, -0.05) is 200 Å². The molecule has 66 heavy (non-hydrogen) atoms. The fourth-order valence-corrected chi connectivity index (χ4v) is 6.76. The molecule has 0 saturated heterocycles. The van der Waals surface area contributed by atoms with Gasteiger partial charge in [-0.15, -0.1) is 0 Å². The zero-order chi connectivity index (χ0) is 47.9. The number of carbonyl (C=O) groups excluding carboxylic acids is 3. The number of unbranched alkanes of at least 4 members (excludes halogenated alkanes) is 15. The molecule has 6 nitrogen and oxygen atoms in total. The monoisotopic (exact) mass is 913 g/mol. The van der Waals surface area contributed by atoms with Crippen LogP contribution in [0.2, 0.25) is 0 Å². The third-order valence-electron chi connectivity index (χ3n) is 10.7. The molecule has 0 spiro atoms. The van der Waals surface area contributed by atoms with Crippen molar-refractivity contribution < 1.29 is 28.6 Å². The second kappa shape index (κ2) is 53.4. The Morgan fingerprint density at radius 1 is 0.318 bits per heavy atom. The highest BCUT2D eigenvalue weighted by molar-refractivity contribution is 5.71. The number of hydrogen-bond acceptors (Lipinski definition) is 6. The van der Waals surface area contributed by atoms with Crippen LogP contribution >= 0.6 is 0 Å². The summed E-state index contributed by atoms with van der Waals surface area (Å²) in [6.45, 7) is 6.30. The maximum absolute atomic E-state index is 12.8. The van der Waals surface area contributed by atoms with E-state index in [-0.39, 0.29) is 37.5 Å². The minimum Gasteiger partial charge on any atom is -0.462 e. The van der Waals surface area contributed by atoms with Crippen molar-refractivity contribution in [2.45, 2.75) is 226 Å². The third-order valence-corrected chi connectivity index (χ3v) is 10.7. The Bertz CT molecular complexity index is 1420. The van der Waals surface area contributed by atoms with Crippen LogP contribution in [0.15, 0.2) is 122 Å². The Balaban J connectivity index is 4.53. The molecule has 372 valence electrons. The Morgan fingerprint density at radius 3 is 1.00 bits per heavy atom. The molecule has 6 heteroatoms. The van der Waals surface area contributed by atoms with Crippen LogP contribution in [0.3, 0.4) is 0 Å². The first-order chi connectivity index (χ1) is 32.5. The van der Waals surface area contributed by atoms with Crippen molar-refractivity contribution in [3.63, 3.8) is 0 Å². The molecule has 0 bridgehead atoms. The first-order valence-corrected chi connectivity index (χ1v) is 26.5. The Hall–Kier alpha value is -4.19. The van der Waals surface area contributed by atoms with Crippen LogP contribution < -0.4 is 0 Å². The predicted octanol–water partition coefficient (Wildman–Crippen LogP) is 17.7. The van der Waals surface area contributed by atoms with Crippen molar-refractivity contribution >= 4 is 17.9 Å². The molecule has 0 aliphatic heterocycles. The molecule has 0 aromatic rings. The summed E-state index contributed by atoms with van der Waals surface area (Å²) in [6, 6.07) is 0. The quantitative estimate of drug-likeness (QED) is 0.0262. The molecule has 0 fully saturated rings. The first kappa shape index (κ1) is 61.8. The fraction of sp³-hybridized carbons (Fsp3) is 0.617. The van der Waals surface area contributed by atoms with E-state index in [1.807, 2.05) is 0 Å². The molecule has 0 N–H and O–H groups in total. The Morgan fingerprint density at radius 2 is 0.606 bits per heavy atom. The molecular formula is C60H96O6. The molecule has 0 saturated carbocycles. The summed E-state index contributed by atoms with van der Waals surface area (Å²) in [5.41, 5.74) is 0. The maximum atomic E-state index is 12.8. The molecule has 1 atom stereocenters. The number of allylic oxidation sites excluding steroid dienone is 20. The van der Waals surface area contributed by atoms with Gasteiger partial charge in [-0.2, -0.15) is 0 Å². The highest BCUT2D eigenvalue weighted by Crippen LogP contribution is 2.12. The number of carbonyl (C=O) groups is 3. The van der Waals surface area contributed by atoms with Gasteiger partial charge < -0.3 is 14.2 Å². The van der Waals surface area contributed by atoms with Gasteiger partial charge in [0.25, 0.3) is 0 Å². The van der Waals surface area contributed by atoms with Crippen molar-refractivity contribution in [3.05, 3.63) is 122 Å². The maximum Gasteiger partial charge on any atom is 0.306 e. The average molecular weight is 913 g/mol. The minimum absolute atomic E-state index is 0.121. The summed E-state index contributed by atoms with van der Waals surface area (Å²) < 4.78 is 16.7. The van der Waals surface area contributed by atoms with E-state index in [4.69, 9.17) is 14.2 Å². The zero-order valence-electron chi connectivity index (χ0n) is 42.4. The number of hydrogen-bond donors (Lipinski definition) is 0. The Kier molecular flexibility index (Phi) is 50.0. The molecule has 0 amide bonds. The predicted molar refractivity (Wildman–Crippen MR) is 283 cm³/mol. The van der Waals surface area contributed by atoms with Gasteiger partial charge in [0.05, 0.1) is 0 Å². The van der Waals surface area contributed by atoms with Gasteiger partial charge in [-0.05, 0) is 122 Å². The van der Waals surface area contributed by atoms with Gasteiger partial charge in [0.1, 0.15) is 13.2 Å². The van der Waals surface area contributed by atoms with E-state index in [0.29, 0.717) is 25.7 Å². The highest BCUT2D eigenvalue weighted by Gasteiger charge is 2.19. The SMILES string of the molecule is CC/C=C\C/C=C\C/C=C\C/C=C\CCCCCCCCC(=O)OCC(COC(=O)CCCC/C=C\C/C=C\C/C=C\CC)OC(=O)CCC/C=C\C/C=C\C/C=C\CCCCCCCC. The van der Waals surface area contributed by atoms with E-state index in [1.54, 1.807) is 0 Å². The van der Waals surface area contributed by atoms with Gasteiger partial charge in [-0.25, -0.2) is 0 Å². The van der Waals surface area contributed by atoms with Gasteiger partial charge in [-0.3, -0.25) is 14.4 Å². The summed E-state index contributed by atoms with van der Waals surface area (Å²) in [5.74, 6) is -1.03. The standard InChI is InChI=1S/C60H96O6/c1-4-7-10-13-16-19-22-25-27-29-30-32-33-35-38-41-44-47-50-53-59(62)65-56-57(55-64-58(61)52-49-46-43-40-37-24-21-18-15-12-9-6-3)66-60(63)54-51-48-45-42-39-36-34-31-28-26-23-20-17-14-11-8-5-2/h7,9-10,12,16,18-19,21,25-28,30,32,34,36-37,40,42,45,57H,4-6,8,11,13-15,17,20,22-24,29,31,33,35,38-39,41,43-44,46-56H2,1-3H3/b10-7-,12-9-,19-16-,21-18-,27-25-,28-26-,32-30-,36-34-,40-37-,45-42-. The molecule has 0 aromatic carbocycles. The lowest BCUT2D eigenvalue weighted by Gasteiger charge is -2.18. The molecular weight excluding hydrogens is 817 g/mol. The topological polar surface area (TPSA) is 78.9 Å².